The zero-order valence-electron chi connectivity index (χ0n) is 12.1. The molecule has 1 nitrogen and oxygen atoms in total. The van der Waals surface area contributed by atoms with E-state index in [4.69, 9.17) is 0 Å². The first-order valence-corrected chi connectivity index (χ1v) is 7.42. The van der Waals surface area contributed by atoms with Gasteiger partial charge in [0.05, 0.1) is 5.92 Å². The first-order valence-electron chi connectivity index (χ1n) is 7.42. The van der Waals surface area contributed by atoms with Gasteiger partial charge in [0.2, 0.25) is 0 Å². The van der Waals surface area contributed by atoms with Gasteiger partial charge in [-0.3, -0.25) is 0 Å². The first-order chi connectivity index (χ1) is 9.84. The number of hydrogen-bond acceptors (Lipinski definition) is 1. The highest BCUT2D eigenvalue weighted by atomic mass is 19.4. The molecule has 3 atom stereocenters. The zero-order chi connectivity index (χ0) is 15.5. The van der Waals surface area contributed by atoms with Crippen molar-refractivity contribution >= 4 is 0 Å². The lowest BCUT2D eigenvalue weighted by atomic mass is 9.85. The molecule has 0 spiro atoms. The number of benzene rings is 1. The molecule has 0 aliphatic heterocycles. The van der Waals surface area contributed by atoms with Crippen LogP contribution in [0.25, 0.3) is 0 Å². The van der Waals surface area contributed by atoms with Gasteiger partial charge in [-0.15, -0.1) is 0 Å². The van der Waals surface area contributed by atoms with Crippen molar-refractivity contribution in [3.63, 3.8) is 0 Å². The van der Waals surface area contributed by atoms with Crippen molar-refractivity contribution in [2.24, 2.45) is 5.92 Å². The van der Waals surface area contributed by atoms with Crippen molar-refractivity contribution in [1.82, 2.24) is 5.32 Å². The molecule has 0 aromatic heterocycles. The highest BCUT2D eigenvalue weighted by Gasteiger charge is 2.42. The maximum Gasteiger partial charge on any atom is 0.391 e. The molecule has 0 amide bonds. The molecular formula is C16H21F4N. The lowest BCUT2D eigenvalue weighted by Crippen LogP contribution is -2.43. The van der Waals surface area contributed by atoms with Crippen molar-refractivity contribution in [2.75, 3.05) is 0 Å². The third kappa shape index (κ3) is 4.99. The molecule has 0 radical (unpaired) electrons. The van der Waals surface area contributed by atoms with Gasteiger partial charge in [0.25, 0.3) is 0 Å². The van der Waals surface area contributed by atoms with E-state index in [-0.39, 0.29) is 30.7 Å². The van der Waals surface area contributed by atoms with Crippen LogP contribution >= 0.6 is 0 Å². The highest BCUT2D eigenvalue weighted by Crippen LogP contribution is 2.37. The van der Waals surface area contributed by atoms with Crippen LogP contribution in [0.5, 0.6) is 0 Å². The second-order valence-electron chi connectivity index (χ2n) is 6.00. The van der Waals surface area contributed by atoms with Gasteiger partial charge in [-0.05, 0) is 50.3 Å². The molecule has 0 saturated heterocycles. The Labute approximate surface area is 122 Å². The number of nitrogens with one attached hydrogen (secondary N) is 1. The molecule has 2 rings (SSSR count). The third-order valence-electron chi connectivity index (χ3n) is 4.09. The molecule has 5 heteroatoms. The van der Waals surface area contributed by atoms with Gasteiger partial charge >= 0.3 is 6.18 Å². The van der Waals surface area contributed by atoms with Crippen LogP contribution in [0, 0.1) is 11.7 Å². The Morgan fingerprint density at radius 3 is 2.71 bits per heavy atom. The summed E-state index contributed by atoms with van der Waals surface area (Å²) in [5.74, 6) is -1.47. The number of alkyl halides is 3. The number of hydrogen-bond donors (Lipinski definition) is 1. The molecule has 1 aromatic carbocycles. The summed E-state index contributed by atoms with van der Waals surface area (Å²) in [5.41, 5.74) is 0.859. The second-order valence-corrected chi connectivity index (χ2v) is 6.00. The fourth-order valence-electron chi connectivity index (χ4n) is 3.12. The lowest BCUT2D eigenvalue weighted by Gasteiger charge is -2.33. The van der Waals surface area contributed by atoms with E-state index in [1.54, 1.807) is 6.07 Å². The van der Waals surface area contributed by atoms with Crippen LogP contribution in [0.2, 0.25) is 0 Å². The Morgan fingerprint density at radius 1 is 1.29 bits per heavy atom. The molecule has 1 saturated carbocycles. The minimum Gasteiger partial charge on any atom is -0.311 e. The van der Waals surface area contributed by atoms with Crippen LogP contribution in [-0.4, -0.2) is 18.3 Å². The van der Waals surface area contributed by atoms with E-state index in [0.717, 1.165) is 12.0 Å². The van der Waals surface area contributed by atoms with Crippen molar-refractivity contribution in [1.29, 1.82) is 0 Å². The maximum atomic E-state index is 13.1. The van der Waals surface area contributed by atoms with Crippen LogP contribution in [0.3, 0.4) is 0 Å². The van der Waals surface area contributed by atoms with Gasteiger partial charge in [0.1, 0.15) is 5.82 Å². The molecule has 0 bridgehead atoms. The van der Waals surface area contributed by atoms with Crippen molar-refractivity contribution in [3.05, 3.63) is 35.6 Å². The summed E-state index contributed by atoms with van der Waals surface area (Å²) in [6.07, 6.45) is -1.71. The molecule has 3 unspecified atom stereocenters. The largest absolute Gasteiger partial charge is 0.391 e. The average molecular weight is 303 g/mol. The monoisotopic (exact) mass is 303 g/mol. The first kappa shape index (κ1) is 16.3. The predicted molar refractivity (Wildman–Crippen MR) is 74.5 cm³/mol. The Hall–Kier alpha value is -1.10. The summed E-state index contributed by atoms with van der Waals surface area (Å²) in [6, 6.07) is 6.27. The summed E-state index contributed by atoms with van der Waals surface area (Å²) in [7, 11) is 0. The average Bonchev–Trinajstić information content (AvgIpc) is 2.37. The van der Waals surface area contributed by atoms with Crippen LogP contribution in [0.1, 0.15) is 38.2 Å². The topological polar surface area (TPSA) is 12.0 Å². The quantitative estimate of drug-likeness (QED) is 0.809. The van der Waals surface area contributed by atoms with E-state index in [0.29, 0.717) is 12.8 Å². The van der Waals surface area contributed by atoms with Gasteiger partial charge in [-0.1, -0.05) is 18.6 Å². The van der Waals surface area contributed by atoms with Crippen molar-refractivity contribution < 1.29 is 17.6 Å². The van der Waals surface area contributed by atoms with E-state index in [1.807, 2.05) is 13.0 Å². The van der Waals surface area contributed by atoms with E-state index >= 15 is 0 Å². The zero-order valence-corrected chi connectivity index (χ0v) is 12.1. The molecule has 1 aliphatic carbocycles. The Kier molecular flexibility index (Phi) is 5.25. The van der Waals surface area contributed by atoms with E-state index in [9.17, 15) is 17.6 Å². The Morgan fingerprint density at radius 2 is 2.05 bits per heavy atom. The molecule has 1 N–H and O–H groups in total. The summed E-state index contributed by atoms with van der Waals surface area (Å²) in [6.45, 7) is 1.93. The SMILES string of the molecule is CC(Cc1cccc(F)c1)NC1CCCC(C(F)(F)F)C1. The van der Waals surface area contributed by atoms with Gasteiger partial charge < -0.3 is 5.32 Å². The molecule has 1 fully saturated rings. The van der Waals surface area contributed by atoms with Crippen molar-refractivity contribution in [3.8, 4) is 0 Å². The van der Waals surface area contributed by atoms with Crippen LogP contribution in [0.4, 0.5) is 17.6 Å². The predicted octanol–water partition coefficient (Wildman–Crippen LogP) is 4.47. The molecule has 118 valence electrons. The molecule has 1 aliphatic rings. The standard InChI is InChI=1S/C16H21F4N/c1-11(8-12-4-2-6-14(17)9-12)21-15-7-3-5-13(10-15)16(18,19)20/h2,4,6,9,11,13,15,21H,3,5,7-8,10H2,1H3. The molecular weight excluding hydrogens is 282 g/mol. The summed E-state index contributed by atoms with van der Waals surface area (Å²) >= 11 is 0. The summed E-state index contributed by atoms with van der Waals surface area (Å²) < 4.78 is 51.4. The molecule has 0 heterocycles. The number of halogens is 4. The number of rotatable bonds is 4. The fourth-order valence-corrected chi connectivity index (χ4v) is 3.12. The molecule has 1 aromatic rings. The smallest absolute Gasteiger partial charge is 0.311 e. The molecule has 21 heavy (non-hydrogen) atoms. The van der Waals surface area contributed by atoms with Crippen LogP contribution in [0.15, 0.2) is 24.3 Å². The van der Waals surface area contributed by atoms with Gasteiger partial charge in [-0.25, -0.2) is 4.39 Å². The second kappa shape index (κ2) is 6.77. The van der Waals surface area contributed by atoms with E-state index in [2.05, 4.69) is 5.32 Å². The van der Waals surface area contributed by atoms with E-state index < -0.39 is 12.1 Å². The lowest BCUT2D eigenvalue weighted by molar-refractivity contribution is -0.183. The Balaban J connectivity index is 1.86. The Bertz CT molecular complexity index is 458. The third-order valence-corrected chi connectivity index (χ3v) is 4.09. The maximum absolute atomic E-state index is 13.1. The highest BCUT2D eigenvalue weighted by molar-refractivity contribution is 5.17. The van der Waals surface area contributed by atoms with Gasteiger partial charge in [0.15, 0.2) is 0 Å². The summed E-state index contributed by atoms with van der Waals surface area (Å²) in [5, 5.41) is 3.27. The van der Waals surface area contributed by atoms with Gasteiger partial charge in [-0.2, -0.15) is 13.2 Å². The minimum absolute atomic E-state index is 0.0313. The van der Waals surface area contributed by atoms with Crippen LogP contribution in [-0.2, 0) is 6.42 Å². The fraction of sp³-hybridized carbons (Fsp3) is 0.625. The summed E-state index contributed by atoms with van der Waals surface area (Å²) in [4.78, 5) is 0. The van der Waals surface area contributed by atoms with Crippen LogP contribution < -0.4 is 5.32 Å². The minimum atomic E-state index is -4.09. The van der Waals surface area contributed by atoms with Crippen molar-refractivity contribution in [2.45, 2.75) is 57.3 Å². The van der Waals surface area contributed by atoms with E-state index in [1.165, 1.54) is 12.1 Å². The normalized spacial score (nSPS) is 24.8. The van der Waals surface area contributed by atoms with Gasteiger partial charge in [0, 0.05) is 12.1 Å².